The molecule has 0 radical (unpaired) electrons. The summed E-state index contributed by atoms with van der Waals surface area (Å²) >= 11 is 0. The lowest BCUT2D eigenvalue weighted by atomic mass is 9.84. The highest BCUT2D eigenvalue weighted by atomic mass is 19.1. The summed E-state index contributed by atoms with van der Waals surface area (Å²) in [5.41, 5.74) is 6.39. The van der Waals surface area contributed by atoms with Crippen molar-refractivity contribution in [2.75, 3.05) is 0 Å². The molecule has 188 valence electrons. The van der Waals surface area contributed by atoms with Crippen LogP contribution >= 0.6 is 0 Å². The van der Waals surface area contributed by atoms with Crippen molar-refractivity contribution in [3.8, 4) is 11.3 Å². The second-order valence-electron chi connectivity index (χ2n) is 9.86. The molecule has 1 aliphatic carbocycles. The number of hydrogen-bond acceptors (Lipinski definition) is 5. The summed E-state index contributed by atoms with van der Waals surface area (Å²) in [7, 11) is 0. The standard InChI is InChI=1S/C28H27FN6O2/c1-13-12-30-27(31-13)15(3)32-28(37)16-4-6-19(21(29)10-16)26-20-11-17(36)5-7-18(20)25-22(33-26)8-9-23-24(25)14(2)34-35-23/h4,6,8-10,12,15,17,36H,5,7,11H2,1-3H3,(H,30,31)(H,32,37)(H,34,35). The highest BCUT2D eigenvalue weighted by molar-refractivity contribution is 6.09. The minimum Gasteiger partial charge on any atom is -0.393 e. The SMILES string of the molecule is Cc1cnc(C(C)NC(=O)c2ccc(-c3nc4ccc5n[nH]c(C)c5c4c4c3CC(O)CC4)c(F)c2)[nH]1. The highest BCUT2D eigenvalue weighted by Gasteiger charge is 2.27. The number of amides is 1. The number of benzene rings is 2. The first-order valence-corrected chi connectivity index (χ1v) is 12.4. The topological polar surface area (TPSA) is 120 Å². The van der Waals surface area contributed by atoms with Crippen molar-refractivity contribution >= 4 is 27.7 Å². The number of carbonyl (C=O) groups excluding carboxylic acids is 1. The van der Waals surface area contributed by atoms with E-state index in [1.807, 2.05) is 32.9 Å². The lowest BCUT2D eigenvalue weighted by Gasteiger charge is -2.25. The Bertz CT molecular complexity index is 1690. The van der Waals surface area contributed by atoms with Gasteiger partial charge in [-0.1, -0.05) is 0 Å². The molecular weight excluding hydrogens is 471 g/mol. The first-order valence-electron chi connectivity index (χ1n) is 12.4. The minimum absolute atomic E-state index is 0.210. The summed E-state index contributed by atoms with van der Waals surface area (Å²) in [6.45, 7) is 5.68. The van der Waals surface area contributed by atoms with Gasteiger partial charge in [-0.3, -0.25) is 9.89 Å². The number of imidazole rings is 1. The molecule has 1 amide bonds. The van der Waals surface area contributed by atoms with Gasteiger partial charge in [0.15, 0.2) is 0 Å². The second-order valence-corrected chi connectivity index (χ2v) is 9.86. The maximum atomic E-state index is 15.6. The molecule has 0 spiro atoms. The smallest absolute Gasteiger partial charge is 0.251 e. The zero-order valence-corrected chi connectivity index (χ0v) is 20.8. The Morgan fingerprint density at radius 3 is 2.73 bits per heavy atom. The van der Waals surface area contributed by atoms with Crippen molar-refractivity contribution in [1.82, 2.24) is 30.5 Å². The summed E-state index contributed by atoms with van der Waals surface area (Å²) in [4.78, 5) is 25.1. The number of aliphatic hydroxyl groups is 1. The first-order chi connectivity index (χ1) is 17.8. The third-order valence-electron chi connectivity index (χ3n) is 7.20. The fourth-order valence-electron chi connectivity index (χ4n) is 5.35. The molecule has 1 aliphatic rings. The maximum Gasteiger partial charge on any atom is 0.251 e. The van der Waals surface area contributed by atoms with Gasteiger partial charge in [-0.25, -0.2) is 14.4 Å². The fourth-order valence-corrected chi connectivity index (χ4v) is 5.35. The van der Waals surface area contributed by atoms with E-state index >= 15 is 4.39 Å². The van der Waals surface area contributed by atoms with Crippen LogP contribution in [0.1, 0.15) is 58.1 Å². The number of hydrogen-bond donors (Lipinski definition) is 4. The van der Waals surface area contributed by atoms with E-state index in [1.165, 1.54) is 6.07 Å². The Kier molecular flexibility index (Phi) is 5.52. The van der Waals surface area contributed by atoms with E-state index in [2.05, 4.69) is 25.5 Å². The van der Waals surface area contributed by atoms with Gasteiger partial charge in [0, 0.05) is 45.9 Å². The molecule has 37 heavy (non-hydrogen) atoms. The van der Waals surface area contributed by atoms with Crippen molar-refractivity contribution < 1.29 is 14.3 Å². The van der Waals surface area contributed by atoms with Gasteiger partial charge in [0.1, 0.15) is 11.6 Å². The number of aliphatic hydroxyl groups excluding tert-OH is 1. The summed E-state index contributed by atoms with van der Waals surface area (Å²) in [5, 5.41) is 22.8. The van der Waals surface area contributed by atoms with Crippen molar-refractivity contribution in [2.45, 2.75) is 52.2 Å². The molecule has 5 aromatic rings. The third kappa shape index (κ3) is 3.95. The number of aromatic amines is 2. The molecule has 9 heteroatoms. The lowest BCUT2D eigenvalue weighted by molar-refractivity contribution is 0.0938. The van der Waals surface area contributed by atoms with E-state index in [0.29, 0.717) is 36.3 Å². The van der Waals surface area contributed by atoms with E-state index in [9.17, 15) is 9.90 Å². The van der Waals surface area contributed by atoms with Crippen molar-refractivity contribution in [1.29, 1.82) is 0 Å². The van der Waals surface area contributed by atoms with E-state index in [1.54, 1.807) is 18.3 Å². The molecule has 6 rings (SSSR count). The molecule has 8 nitrogen and oxygen atoms in total. The molecule has 0 aliphatic heterocycles. The van der Waals surface area contributed by atoms with Crippen LogP contribution in [-0.2, 0) is 12.8 Å². The highest BCUT2D eigenvalue weighted by Crippen LogP contribution is 2.39. The first kappa shape index (κ1) is 23.3. The molecule has 2 unspecified atom stereocenters. The average molecular weight is 499 g/mol. The van der Waals surface area contributed by atoms with Crippen LogP contribution in [0.5, 0.6) is 0 Å². The van der Waals surface area contributed by atoms with Crippen LogP contribution in [0.15, 0.2) is 36.5 Å². The number of aromatic nitrogens is 5. The van der Waals surface area contributed by atoms with Gasteiger partial charge < -0.3 is 15.4 Å². The quantitative estimate of drug-likeness (QED) is 0.289. The fraction of sp³-hybridized carbons (Fsp3) is 0.286. The summed E-state index contributed by atoms with van der Waals surface area (Å²) in [6, 6.07) is 7.91. The zero-order valence-electron chi connectivity index (χ0n) is 20.8. The van der Waals surface area contributed by atoms with E-state index in [0.717, 1.165) is 44.3 Å². The van der Waals surface area contributed by atoms with Gasteiger partial charge in [0.05, 0.1) is 28.9 Å². The third-order valence-corrected chi connectivity index (χ3v) is 7.20. The zero-order chi connectivity index (χ0) is 25.8. The predicted molar refractivity (Wildman–Crippen MR) is 139 cm³/mol. The van der Waals surface area contributed by atoms with Crippen LogP contribution in [0.3, 0.4) is 0 Å². The molecule has 3 heterocycles. The largest absolute Gasteiger partial charge is 0.393 e. The van der Waals surface area contributed by atoms with Gasteiger partial charge >= 0.3 is 0 Å². The molecule has 2 atom stereocenters. The minimum atomic E-state index is -0.538. The van der Waals surface area contributed by atoms with Gasteiger partial charge in [-0.2, -0.15) is 5.10 Å². The van der Waals surface area contributed by atoms with E-state index in [-0.39, 0.29) is 11.6 Å². The molecule has 0 saturated carbocycles. The van der Waals surface area contributed by atoms with Crippen LogP contribution in [0.2, 0.25) is 0 Å². The average Bonchev–Trinajstić information content (AvgIpc) is 3.49. The molecular formula is C28H27FN6O2. The van der Waals surface area contributed by atoms with Crippen molar-refractivity contribution in [3.63, 3.8) is 0 Å². The molecule has 2 aromatic carbocycles. The number of carbonyl (C=O) groups is 1. The van der Waals surface area contributed by atoms with E-state index < -0.39 is 17.8 Å². The number of aryl methyl sites for hydroxylation is 3. The van der Waals surface area contributed by atoms with E-state index in [4.69, 9.17) is 4.98 Å². The summed E-state index contributed by atoms with van der Waals surface area (Å²) in [5.74, 6) is -0.298. The molecule has 0 saturated heterocycles. The van der Waals surface area contributed by atoms with Crippen molar-refractivity contribution in [3.05, 3.63) is 76.2 Å². The second kappa shape index (κ2) is 8.77. The Morgan fingerprint density at radius 2 is 1.97 bits per heavy atom. The van der Waals surface area contributed by atoms with Gasteiger partial charge in [0.2, 0.25) is 0 Å². The number of fused-ring (bicyclic) bond motifs is 5. The van der Waals surface area contributed by atoms with Crippen molar-refractivity contribution in [2.24, 2.45) is 0 Å². The Morgan fingerprint density at radius 1 is 1.16 bits per heavy atom. The monoisotopic (exact) mass is 498 g/mol. The number of halogens is 1. The van der Waals surface area contributed by atoms with Gasteiger partial charge in [-0.05, 0) is 75.1 Å². The van der Waals surface area contributed by atoms with Gasteiger partial charge in [0.25, 0.3) is 5.91 Å². The van der Waals surface area contributed by atoms with Gasteiger partial charge in [-0.15, -0.1) is 0 Å². The van der Waals surface area contributed by atoms with Crippen LogP contribution in [0.25, 0.3) is 33.1 Å². The Hall–Kier alpha value is -4.11. The molecule has 3 aromatic heterocycles. The maximum absolute atomic E-state index is 15.6. The van der Waals surface area contributed by atoms with Crippen LogP contribution in [0.4, 0.5) is 4.39 Å². The number of nitrogens with one attached hydrogen (secondary N) is 3. The van der Waals surface area contributed by atoms with Crippen LogP contribution in [-0.4, -0.2) is 42.3 Å². The molecule has 0 bridgehead atoms. The molecule has 0 fully saturated rings. The number of rotatable bonds is 4. The number of nitrogens with zero attached hydrogens (tertiary/aromatic N) is 3. The molecule has 4 N–H and O–H groups in total. The lowest BCUT2D eigenvalue weighted by Crippen LogP contribution is -2.27. The number of H-pyrrole nitrogens is 2. The summed E-state index contributed by atoms with van der Waals surface area (Å²) < 4.78 is 15.6. The Balaban J connectivity index is 1.42. The van der Waals surface area contributed by atoms with Crippen LogP contribution in [0, 0.1) is 19.7 Å². The summed E-state index contributed by atoms with van der Waals surface area (Å²) in [6.07, 6.45) is 2.86. The predicted octanol–water partition coefficient (Wildman–Crippen LogP) is 4.60. The Labute approximate surface area is 212 Å². The van der Waals surface area contributed by atoms with Crippen LogP contribution < -0.4 is 5.32 Å². The normalized spacial score (nSPS) is 16.2. The number of pyridine rings is 1.